The summed E-state index contributed by atoms with van der Waals surface area (Å²) in [5, 5.41) is 1.53. The van der Waals surface area contributed by atoms with Gasteiger partial charge in [-0.3, -0.25) is 9.36 Å². The van der Waals surface area contributed by atoms with Gasteiger partial charge in [-0.15, -0.1) is 11.3 Å². The normalized spacial score (nSPS) is 13.8. The van der Waals surface area contributed by atoms with E-state index in [1.165, 1.54) is 16.9 Å². The van der Waals surface area contributed by atoms with Crippen molar-refractivity contribution < 1.29 is 9.47 Å². The molecule has 29 heavy (non-hydrogen) atoms. The Hall–Kier alpha value is -1.83. The van der Waals surface area contributed by atoms with Gasteiger partial charge < -0.3 is 9.47 Å². The fraction of sp³-hybridized carbons (Fsp3) is 0.455. The van der Waals surface area contributed by atoms with E-state index in [-0.39, 0.29) is 11.7 Å². The van der Waals surface area contributed by atoms with Crippen molar-refractivity contribution in [2.75, 3.05) is 19.5 Å². The minimum absolute atomic E-state index is 0.0341. The van der Waals surface area contributed by atoms with Crippen LogP contribution in [0.15, 0.2) is 34.2 Å². The van der Waals surface area contributed by atoms with Gasteiger partial charge in [-0.1, -0.05) is 11.8 Å². The van der Waals surface area contributed by atoms with Gasteiger partial charge in [0, 0.05) is 10.6 Å². The van der Waals surface area contributed by atoms with Crippen LogP contribution in [0.4, 0.5) is 0 Å². The van der Waals surface area contributed by atoms with Crippen LogP contribution >= 0.6 is 23.1 Å². The molecule has 0 saturated heterocycles. The lowest BCUT2D eigenvalue weighted by atomic mass is 9.97. The summed E-state index contributed by atoms with van der Waals surface area (Å²) in [6, 6.07) is 7.60. The predicted molar refractivity (Wildman–Crippen MR) is 120 cm³/mol. The van der Waals surface area contributed by atoms with Crippen molar-refractivity contribution in [1.29, 1.82) is 0 Å². The molecule has 1 aromatic carbocycles. The topological polar surface area (TPSA) is 53.4 Å². The van der Waals surface area contributed by atoms with Gasteiger partial charge in [-0.25, -0.2) is 4.98 Å². The molecule has 154 valence electrons. The van der Waals surface area contributed by atoms with E-state index in [1.54, 1.807) is 34.8 Å². The fourth-order valence-corrected chi connectivity index (χ4v) is 5.80. The third kappa shape index (κ3) is 4.22. The summed E-state index contributed by atoms with van der Waals surface area (Å²) in [7, 11) is 1.64. The number of aryl methyl sites for hydroxylation is 2. The van der Waals surface area contributed by atoms with E-state index in [4.69, 9.17) is 14.5 Å². The second-order valence-electron chi connectivity index (χ2n) is 7.39. The third-order valence-corrected chi connectivity index (χ3v) is 7.14. The molecule has 7 heteroatoms. The molecule has 0 atom stereocenters. The summed E-state index contributed by atoms with van der Waals surface area (Å²) < 4.78 is 12.7. The summed E-state index contributed by atoms with van der Waals surface area (Å²) in [4.78, 5) is 20.8. The standard InChI is InChI=1S/C22H26N2O3S2/c1-14(2)27-12-13-28-22-23-20-19(17-6-4-5-7-18(17)29-20)21(25)24(22)15-8-10-16(26-3)11-9-15/h8-11,14H,4-7,12-13H2,1-3H3. The number of aromatic nitrogens is 2. The molecule has 3 aromatic rings. The van der Waals surface area contributed by atoms with Crippen molar-refractivity contribution in [2.45, 2.75) is 50.8 Å². The molecule has 0 unspecified atom stereocenters. The lowest BCUT2D eigenvalue weighted by Gasteiger charge is -2.14. The van der Waals surface area contributed by atoms with E-state index in [2.05, 4.69) is 0 Å². The fourth-order valence-electron chi connectivity index (χ4n) is 3.66. The van der Waals surface area contributed by atoms with E-state index >= 15 is 0 Å². The maximum absolute atomic E-state index is 13.6. The van der Waals surface area contributed by atoms with Crippen molar-refractivity contribution in [3.05, 3.63) is 45.1 Å². The number of fused-ring (bicyclic) bond motifs is 3. The van der Waals surface area contributed by atoms with E-state index in [1.807, 2.05) is 38.1 Å². The van der Waals surface area contributed by atoms with Crippen LogP contribution in [0.5, 0.6) is 5.75 Å². The van der Waals surface area contributed by atoms with Gasteiger partial charge in [-0.05, 0) is 69.4 Å². The van der Waals surface area contributed by atoms with Crippen LogP contribution in [0.2, 0.25) is 0 Å². The SMILES string of the molecule is COc1ccc(-n2c(SCCOC(C)C)nc3sc4c(c3c2=O)CCCC4)cc1. The van der Waals surface area contributed by atoms with Crippen molar-refractivity contribution >= 4 is 33.3 Å². The highest BCUT2D eigenvalue weighted by Crippen LogP contribution is 2.35. The second kappa shape index (κ2) is 8.90. The van der Waals surface area contributed by atoms with E-state index < -0.39 is 0 Å². The molecule has 1 aliphatic carbocycles. The Morgan fingerprint density at radius 3 is 2.69 bits per heavy atom. The molecule has 0 bridgehead atoms. The van der Waals surface area contributed by atoms with Crippen LogP contribution in [0.25, 0.3) is 15.9 Å². The summed E-state index contributed by atoms with van der Waals surface area (Å²) in [6.07, 6.45) is 4.57. The zero-order valence-corrected chi connectivity index (χ0v) is 18.7. The minimum Gasteiger partial charge on any atom is -0.497 e. The highest BCUT2D eigenvalue weighted by atomic mass is 32.2. The van der Waals surface area contributed by atoms with E-state index in [0.29, 0.717) is 6.61 Å². The Morgan fingerprint density at radius 1 is 1.21 bits per heavy atom. The predicted octanol–water partition coefficient (Wildman–Crippen LogP) is 4.85. The van der Waals surface area contributed by atoms with Crippen LogP contribution in [-0.2, 0) is 17.6 Å². The molecule has 5 nitrogen and oxygen atoms in total. The number of thiophene rings is 1. The maximum atomic E-state index is 13.6. The number of methoxy groups -OCH3 is 1. The molecule has 0 N–H and O–H groups in total. The number of hydrogen-bond donors (Lipinski definition) is 0. The molecule has 0 aliphatic heterocycles. The monoisotopic (exact) mass is 430 g/mol. The number of benzene rings is 1. The molecule has 1 aliphatic rings. The van der Waals surface area contributed by atoms with Gasteiger partial charge in [0.25, 0.3) is 5.56 Å². The number of rotatable bonds is 7. The average Bonchev–Trinajstić information content (AvgIpc) is 3.10. The smallest absolute Gasteiger partial charge is 0.267 e. The summed E-state index contributed by atoms with van der Waals surface area (Å²) in [5.74, 6) is 1.51. The molecule has 0 amide bonds. The lowest BCUT2D eigenvalue weighted by Crippen LogP contribution is -2.22. The molecule has 0 radical (unpaired) electrons. The summed E-state index contributed by atoms with van der Waals surface area (Å²) in [6.45, 7) is 4.68. The van der Waals surface area contributed by atoms with Gasteiger partial charge in [0.2, 0.25) is 0 Å². The minimum atomic E-state index is 0.0341. The van der Waals surface area contributed by atoms with Gasteiger partial charge in [-0.2, -0.15) is 0 Å². The number of hydrogen-bond acceptors (Lipinski definition) is 6. The Morgan fingerprint density at radius 2 is 1.97 bits per heavy atom. The first kappa shape index (κ1) is 20.4. The number of nitrogens with zero attached hydrogens (tertiary/aromatic N) is 2. The Balaban J connectivity index is 1.80. The largest absolute Gasteiger partial charge is 0.497 e. The first-order chi connectivity index (χ1) is 14.1. The van der Waals surface area contributed by atoms with Crippen LogP contribution in [0.3, 0.4) is 0 Å². The zero-order chi connectivity index (χ0) is 20.4. The quantitative estimate of drug-likeness (QED) is 0.305. The van der Waals surface area contributed by atoms with Crippen molar-refractivity contribution in [2.24, 2.45) is 0 Å². The Bertz CT molecular complexity index is 1050. The van der Waals surface area contributed by atoms with Crippen LogP contribution in [0, 0.1) is 0 Å². The molecule has 0 saturated carbocycles. The molecule has 0 fully saturated rings. The van der Waals surface area contributed by atoms with Crippen molar-refractivity contribution in [3.63, 3.8) is 0 Å². The maximum Gasteiger partial charge on any atom is 0.267 e. The molecule has 0 spiro atoms. The van der Waals surface area contributed by atoms with Gasteiger partial charge in [0.1, 0.15) is 10.6 Å². The molecule has 2 aromatic heterocycles. The molecular formula is C22H26N2O3S2. The van der Waals surface area contributed by atoms with Crippen LogP contribution in [0.1, 0.15) is 37.1 Å². The van der Waals surface area contributed by atoms with E-state index in [0.717, 1.165) is 51.8 Å². The summed E-state index contributed by atoms with van der Waals surface area (Å²) in [5.41, 5.74) is 2.07. The van der Waals surface area contributed by atoms with Gasteiger partial charge >= 0.3 is 0 Å². The highest BCUT2D eigenvalue weighted by molar-refractivity contribution is 7.99. The molecule has 4 rings (SSSR count). The highest BCUT2D eigenvalue weighted by Gasteiger charge is 2.22. The van der Waals surface area contributed by atoms with Crippen molar-refractivity contribution in [3.8, 4) is 11.4 Å². The van der Waals surface area contributed by atoms with Crippen LogP contribution < -0.4 is 10.3 Å². The van der Waals surface area contributed by atoms with Gasteiger partial charge in [0.05, 0.1) is 30.9 Å². The molecule has 2 heterocycles. The zero-order valence-electron chi connectivity index (χ0n) is 17.1. The number of ether oxygens (including phenoxy) is 2. The third-order valence-electron chi connectivity index (χ3n) is 5.05. The Labute approximate surface area is 179 Å². The summed E-state index contributed by atoms with van der Waals surface area (Å²) >= 11 is 3.26. The molecular weight excluding hydrogens is 404 g/mol. The first-order valence-electron chi connectivity index (χ1n) is 10.0. The van der Waals surface area contributed by atoms with Crippen molar-refractivity contribution in [1.82, 2.24) is 9.55 Å². The first-order valence-corrected chi connectivity index (χ1v) is 11.8. The second-order valence-corrected chi connectivity index (χ2v) is 9.54. The Kier molecular flexibility index (Phi) is 6.27. The van der Waals surface area contributed by atoms with E-state index in [9.17, 15) is 4.79 Å². The lowest BCUT2D eigenvalue weighted by molar-refractivity contribution is 0.0920. The average molecular weight is 431 g/mol. The van der Waals surface area contributed by atoms with Gasteiger partial charge in [0.15, 0.2) is 5.16 Å². The number of thioether (sulfide) groups is 1. The van der Waals surface area contributed by atoms with Crippen LogP contribution in [-0.4, -0.2) is 35.1 Å².